The van der Waals surface area contributed by atoms with Crippen molar-refractivity contribution in [2.24, 2.45) is 0 Å². The van der Waals surface area contributed by atoms with Crippen molar-refractivity contribution in [1.82, 2.24) is 0 Å². The molecule has 0 bridgehead atoms. The topological polar surface area (TPSA) is 20.2 Å². The number of rotatable bonds is 3. The Hall–Kier alpha value is -0.120. The number of hydrogen-bond donors (Lipinski definition) is 1. The molecule has 1 aromatic rings. The normalized spacial score (nSPS) is 23.7. The molecule has 15 heavy (non-hydrogen) atoms. The minimum absolute atomic E-state index is 0.190. The van der Waals surface area contributed by atoms with Gasteiger partial charge in [0.25, 0.3) is 0 Å². The summed E-state index contributed by atoms with van der Waals surface area (Å²) in [4.78, 5) is 0. The standard InChI is InChI=1S/C12H16OS2/c13-11(12-9-14-6-7-15-12)8-10-4-2-1-3-5-10/h1-5,11-13H,6-9H2. The average Bonchev–Trinajstić information content (AvgIpc) is 2.31. The van der Waals surface area contributed by atoms with Gasteiger partial charge in [0.15, 0.2) is 0 Å². The lowest BCUT2D eigenvalue weighted by Crippen LogP contribution is -2.30. The third kappa shape index (κ3) is 3.44. The summed E-state index contributed by atoms with van der Waals surface area (Å²) in [5.41, 5.74) is 1.24. The van der Waals surface area contributed by atoms with Gasteiger partial charge in [0.2, 0.25) is 0 Å². The first kappa shape index (κ1) is 11.4. The predicted octanol–water partition coefficient (Wildman–Crippen LogP) is 2.44. The molecule has 0 saturated carbocycles. The van der Waals surface area contributed by atoms with Crippen LogP contribution in [-0.2, 0) is 6.42 Å². The van der Waals surface area contributed by atoms with E-state index in [1.54, 1.807) is 0 Å². The minimum Gasteiger partial charge on any atom is -0.392 e. The molecule has 0 amide bonds. The van der Waals surface area contributed by atoms with Crippen molar-refractivity contribution in [3.63, 3.8) is 0 Å². The first-order valence-electron chi connectivity index (χ1n) is 5.27. The van der Waals surface area contributed by atoms with Gasteiger partial charge in [-0.15, -0.1) is 0 Å². The average molecular weight is 240 g/mol. The molecule has 0 aromatic heterocycles. The van der Waals surface area contributed by atoms with Gasteiger partial charge in [0.1, 0.15) is 0 Å². The molecule has 1 aliphatic heterocycles. The van der Waals surface area contributed by atoms with E-state index in [0.29, 0.717) is 5.25 Å². The Labute approximate surface area is 99.7 Å². The Kier molecular flexibility index (Phi) is 4.42. The smallest absolute Gasteiger partial charge is 0.0707 e. The van der Waals surface area contributed by atoms with Gasteiger partial charge in [-0.2, -0.15) is 23.5 Å². The van der Waals surface area contributed by atoms with Crippen LogP contribution in [0.4, 0.5) is 0 Å². The predicted molar refractivity (Wildman–Crippen MR) is 69.7 cm³/mol. The van der Waals surface area contributed by atoms with E-state index in [1.165, 1.54) is 17.1 Å². The molecule has 1 N–H and O–H groups in total. The zero-order valence-electron chi connectivity index (χ0n) is 8.63. The van der Waals surface area contributed by atoms with E-state index < -0.39 is 0 Å². The van der Waals surface area contributed by atoms with Gasteiger partial charge in [-0.05, 0) is 12.0 Å². The Bertz CT molecular complexity index is 283. The quantitative estimate of drug-likeness (QED) is 0.876. The van der Waals surface area contributed by atoms with Crippen LogP contribution >= 0.6 is 23.5 Å². The van der Waals surface area contributed by atoms with Crippen molar-refractivity contribution in [3.8, 4) is 0 Å². The highest BCUT2D eigenvalue weighted by Gasteiger charge is 2.22. The second-order valence-electron chi connectivity index (χ2n) is 3.74. The number of thioether (sulfide) groups is 2. The van der Waals surface area contributed by atoms with Crippen molar-refractivity contribution >= 4 is 23.5 Å². The third-order valence-electron chi connectivity index (χ3n) is 2.56. The Morgan fingerprint density at radius 3 is 2.73 bits per heavy atom. The molecule has 1 saturated heterocycles. The Balaban J connectivity index is 1.88. The van der Waals surface area contributed by atoms with Crippen LogP contribution in [0.15, 0.2) is 30.3 Å². The molecule has 2 rings (SSSR count). The maximum absolute atomic E-state index is 10.1. The van der Waals surface area contributed by atoms with E-state index in [1.807, 2.05) is 41.7 Å². The van der Waals surface area contributed by atoms with Gasteiger partial charge >= 0.3 is 0 Å². The molecule has 3 heteroatoms. The number of hydrogen-bond acceptors (Lipinski definition) is 3. The number of aliphatic hydroxyl groups is 1. The van der Waals surface area contributed by atoms with Crippen LogP contribution in [0.1, 0.15) is 5.56 Å². The van der Waals surface area contributed by atoms with Crippen LogP contribution in [0.2, 0.25) is 0 Å². The lowest BCUT2D eigenvalue weighted by atomic mass is 10.1. The summed E-state index contributed by atoms with van der Waals surface area (Å²) in [5.74, 6) is 3.51. The van der Waals surface area contributed by atoms with Gasteiger partial charge in [0.05, 0.1) is 6.10 Å². The van der Waals surface area contributed by atoms with E-state index in [2.05, 4.69) is 12.1 Å². The second-order valence-corrected chi connectivity index (χ2v) is 6.24. The summed E-state index contributed by atoms with van der Waals surface area (Å²) in [6.07, 6.45) is 0.601. The number of benzene rings is 1. The molecule has 1 fully saturated rings. The first-order chi connectivity index (χ1) is 7.36. The summed E-state index contributed by atoms with van der Waals surface area (Å²) in [5, 5.41) is 10.5. The first-order valence-corrected chi connectivity index (χ1v) is 7.48. The summed E-state index contributed by atoms with van der Waals surface area (Å²) in [6, 6.07) is 10.3. The van der Waals surface area contributed by atoms with Crippen LogP contribution in [0, 0.1) is 0 Å². The van der Waals surface area contributed by atoms with Crippen molar-refractivity contribution in [3.05, 3.63) is 35.9 Å². The zero-order chi connectivity index (χ0) is 10.5. The van der Waals surface area contributed by atoms with Crippen LogP contribution in [0.25, 0.3) is 0 Å². The molecule has 82 valence electrons. The molecule has 1 aliphatic rings. The van der Waals surface area contributed by atoms with Crippen LogP contribution in [-0.4, -0.2) is 33.7 Å². The lowest BCUT2D eigenvalue weighted by molar-refractivity contribution is 0.177. The highest BCUT2D eigenvalue weighted by molar-refractivity contribution is 8.06. The molecule has 1 nitrogen and oxygen atoms in total. The SMILES string of the molecule is OC(Cc1ccccc1)C1CSCCS1. The molecule has 0 spiro atoms. The zero-order valence-corrected chi connectivity index (χ0v) is 10.3. The number of aliphatic hydroxyl groups excluding tert-OH is 1. The molecule has 2 atom stereocenters. The molecule has 1 heterocycles. The van der Waals surface area contributed by atoms with Crippen LogP contribution < -0.4 is 0 Å². The van der Waals surface area contributed by atoms with Crippen molar-refractivity contribution in [2.75, 3.05) is 17.3 Å². The molecule has 0 aliphatic carbocycles. The highest BCUT2D eigenvalue weighted by Crippen LogP contribution is 2.27. The third-order valence-corrected chi connectivity index (χ3v) is 5.46. The summed E-state index contributed by atoms with van der Waals surface area (Å²) in [6.45, 7) is 0. The van der Waals surface area contributed by atoms with E-state index in [-0.39, 0.29) is 6.10 Å². The van der Waals surface area contributed by atoms with Gasteiger partial charge in [-0.3, -0.25) is 0 Å². The molecule has 1 aromatic carbocycles. The molecular formula is C12H16OS2. The van der Waals surface area contributed by atoms with Crippen LogP contribution in [0.5, 0.6) is 0 Å². The molecular weight excluding hydrogens is 224 g/mol. The summed E-state index contributed by atoms with van der Waals surface area (Å²) < 4.78 is 0. The van der Waals surface area contributed by atoms with Crippen LogP contribution in [0.3, 0.4) is 0 Å². The van der Waals surface area contributed by atoms with E-state index in [9.17, 15) is 5.11 Å². The Morgan fingerprint density at radius 2 is 2.07 bits per heavy atom. The van der Waals surface area contributed by atoms with Gasteiger partial charge < -0.3 is 5.11 Å². The fraction of sp³-hybridized carbons (Fsp3) is 0.500. The minimum atomic E-state index is -0.190. The van der Waals surface area contributed by atoms with Crippen molar-refractivity contribution in [1.29, 1.82) is 0 Å². The summed E-state index contributed by atoms with van der Waals surface area (Å²) in [7, 11) is 0. The fourth-order valence-corrected chi connectivity index (χ4v) is 4.49. The fourth-order valence-electron chi connectivity index (χ4n) is 1.72. The van der Waals surface area contributed by atoms with Crippen molar-refractivity contribution in [2.45, 2.75) is 17.8 Å². The Morgan fingerprint density at radius 1 is 1.27 bits per heavy atom. The largest absolute Gasteiger partial charge is 0.392 e. The molecule has 0 radical (unpaired) electrons. The monoisotopic (exact) mass is 240 g/mol. The maximum Gasteiger partial charge on any atom is 0.0707 e. The van der Waals surface area contributed by atoms with Crippen molar-refractivity contribution < 1.29 is 5.11 Å². The van der Waals surface area contributed by atoms with Gasteiger partial charge in [-0.25, -0.2) is 0 Å². The molecule has 2 unspecified atom stereocenters. The lowest BCUT2D eigenvalue weighted by Gasteiger charge is -2.25. The van der Waals surface area contributed by atoms with E-state index in [0.717, 1.165) is 12.2 Å². The van der Waals surface area contributed by atoms with Gasteiger partial charge in [0, 0.05) is 22.5 Å². The van der Waals surface area contributed by atoms with E-state index >= 15 is 0 Å². The second kappa shape index (κ2) is 5.83. The highest BCUT2D eigenvalue weighted by atomic mass is 32.2. The van der Waals surface area contributed by atoms with Gasteiger partial charge in [-0.1, -0.05) is 30.3 Å². The van der Waals surface area contributed by atoms with E-state index in [4.69, 9.17) is 0 Å². The maximum atomic E-state index is 10.1. The summed E-state index contributed by atoms with van der Waals surface area (Å²) >= 11 is 3.88.